The van der Waals surface area contributed by atoms with Gasteiger partial charge in [0.15, 0.2) is 0 Å². The first-order valence-electron chi connectivity index (χ1n) is 9.14. The van der Waals surface area contributed by atoms with Gasteiger partial charge < -0.3 is 5.32 Å². The summed E-state index contributed by atoms with van der Waals surface area (Å²) in [6.07, 6.45) is 0. The van der Waals surface area contributed by atoms with Crippen molar-refractivity contribution in [3.8, 4) is 5.69 Å². The fraction of sp³-hybridized carbons (Fsp3) is 0.300. The molecular formula is C20H22FN5O3. The smallest absolute Gasteiger partial charge is 0.271 e. The third-order valence-electron chi connectivity index (χ3n) is 4.28. The van der Waals surface area contributed by atoms with Gasteiger partial charge in [0.25, 0.3) is 5.69 Å². The van der Waals surface area contributed by atoms with Crippen molar-refractivity contribution in [2.45, 2.75) is 26.4 Å². The van der Waals surface area contributed by atoms with E-state index >= 15 is 0 Å². The standard InChI is InChI=1S/C20H22FN5O3/c1-13(2)22-20(27)12-24(3)11-19-23-17-10-16(26(28)29)8-9-18(17)25(19)15-6-4-14(21)5-7-15/h4-10,13H,11-12H2,1-3H3,(H,22,27). The Morgan fingerprint density at radius 3 is 2.59 bits per heavy atom. The van der Waals surface area contributed by atoms with Gasteiger partial charge in [-0.05, 0) is 51.2 Å². The van der Waals surface area contributed by atoms with Crippen molar-refractivity contribution in [2.24, 2.45) is 0 Å². The van der Waals surface area contributed by atoms with Gasteiger partial charge in [0.2, 0.25) is 5.91 Å². The largest absolute Gasteiger partial charge is 0.353 e. The molecule has 3 rings (SSSR count). The van der Waals surface area contributed by atoms with Crippen LogP contribution in [0.5, 0.6) is 0 Å². The van der Waals surface area contributed by atoms with Crippen molar-refractivity contribution in [3.05, 3.63) is 64.2 Å². The summed E-state index contributed by atoms with van der Waals surface area (Å²) in [5.74, 6) is 0.118. The molecule has 0 unspecified atom stereocenters. The minimum Gasteiger partial charge on any atom is -0.353 e. The lowest BCUT2D eigenvalue weighted by atomic mass is 10.2. The Balaban J connectivity index is 2.00. The quantitative estimate of drug-likeness (QED) is 0.487. The molecule has 0 aliphatic heterocycles. The van der Waals surface area contributed by atoms with Gasteiger partial charge in [-0.25, -0.2) is 9.37 Å². The third-order valence-corrected chi connectivity index (χ3v) is 4.28. The van der Waals surface area contributed by atoms with Crippen LogP contribution in [0, 0.1) is 15.9 Å². The summed E-state index contributed by atoms with van der Waals surface area (Å²) in [6, 6.07) is 10.4. The molecule has 1 amide bonds. The number of nitro groups is 1. The first-order chi connectivity index (χ1) is 13.7. The Labute approximate surface area is 167 Å². The third kappa shape index (κ3) is 4.75. The van der Waals surface area contributed by atoms with Gasteiger partial charge in [-0.3, -0.25) is 24.4 Å². The summed E-state index contributed by atoms with van der Waals surface area (Å²) >= 11 is 0. The lowest BCUT2D eigenvalue weighted by Crippen LogP contribution is -2.38. The van der Waals surface area contributed by atoms with Crippen LogP contribution in [-0.4, -0.2) is 44.9 Å². The highest BCUT2D eigenvalue weighted by molar-refractivity contribution is 5.81. The summed E-state index contributed by atoms with van der Waals surface area (Å²) in [7, 11) is 1.79. The summed E-state index contributed by atoms with van der Waals surface area (Å²) in [6.45, 7) is 4.27. The molecular weight excluding hydrogens is 377 g/mol. The van der Waals surface area contributed by atoms with Crippen LogP contribution in [0.25, 0.3) is 16.7 Å². The lowest BCUT2D eigenvalue weighted by Gasteiger charge is -2.18. The topological polar surface area (TPSA) is 93.3 Å². The number of likely N-dealkylation sites (N-methyl/N-ethyl adjacent to an activating group) is 1. The molecule has 8 nitrogen and oxygen atoms in total. The summed E-state index contributed by atoms with van der Waals surface area (Å²) in [5.41, 5.74) is 1.74. The molecule has 0 bridgehead atoms. The van der Waals surface area contributed by atoms with Gasteiger partial charge in [-0.1, -0.05) is 0 Å². The normalized spacial score (nSPS) is 11.4. The Bertz CT molecular complexity index is 1050. The van der Waals surface area contributed by atoms with Gasteiger partial charge in [-0.2, -0.15) is 0 Å². The number of nitro benzene ring substituents is 1. The van der Waals surface area contributed by atoms with E-state index in [1.54, 1.807) is 30.1 Å². The highest BCUT2D eigenvalue weighted by Crippen LogP contribution is 2.26. The molecule has 1 aromatic heterocycles. The van der Waals surface area contributed by atoms with Crippen LogP contribution in [0.2, 0.25) is 0 Å². The second kappa shape index (κ2) is 8.36. The first-order valence-corrected chi connectivity index (χ1v) is 9.14. The molecule has 0 saturated heterocycles. The summed E-state index contributed by atoms with van der Waals surface area (Å²) < 4.78 is 15.2. The van der Waals surface area contributed by atoms with Crippen LogP contribution in [0.4, 0.5) is 10.1 Å². The minimum atomic E-state index is -0.474. The summed E-state index contributed by atoms with van der Waals surface area (Å²) in [4.78, 5) is 29.0. The SMILES string of the molecule is CC(C)NC(=O)CN(C)Cc1nc2cc([N+](=O)[O-])ccc2n1-c1ccc(F)cc1. The molecule has 9 heteroatoms. The molecule has 0 saturated carbocycles. The number of amides is 1. The zero-order valence-corrected chi connectivity index (χ0v) is 16.4. The molecule has 3 aromatic rings. The fourth-order valence-electron chi connectivity index (χ4n) is 3.13. The molecule has 2 aromatic carbocycles. The van der Waals surface area contributed by atoms with E-state index in [0.717, 1.165) is 0 Å². The van der Waals surface area contributed by atoms with E-state index in [4.69, 9.17) is 0 Å². The zero-order chi connectivity index (χ0) is 21.1. The van der Waals surface area contributed by atoms with Crippen molar-refractivity contribution in [2.75, 3.05) is 13.6 Å². The number of fused-ring (bicyclic) bond motifs is 1. The summed E-state index contributed by atoms with van der Waals surface area (Å²) in [5, 5.41) is 13.9. The average molecular weight is 399 g/mol. The number of nitrogens with zero attached hydrogens (tertiary/aromatic N) is 4. The van der Waals surface area contributed by atoms with Crippen LogP contribution < -0.4 is 5.32 Å². The molecule has 0 spiro atoms. The van der Waals surface area contributed by atoms with Crippen LogP contribution in [0.3, 0.4) is 0 Å². The molecule has 1 heterocycles. The number of benzene rings is 2. The number of halogens is 1. The lowest BCUT2D eigenvalue weighted by molar-refractivity contribution is -0.384. The van der Waals surface area contributed by atoms with Crippen LogP contribution in [0.15, 0.2) is 42.5 Å². The highest BCUT2D eigenvalue weighted by atomic mass is 19.1. The van der Waals surface area contributed by atoms with Crippen molar-refractivity contribution in [3.63, 3.8) is 0 Å². The molecule has 1 N–H and O–H groups in total. The fourth-order valence-corrected chi connectivity index (χ4v) is 3.13. The minimum absolute atomic E-state index is 0.0419. The Hall–Kier alpha value is -3.33. The van der Waals surface area contributed by atoms with Crippen molar-refractivity contribution in [1.29, 1.82) is 0 Å². The number of aromatic nitrogens is 2. The number of rotatable bonds is 7. The molecule has 152 valence electrons. The predicted octanol–water partition coefficient (Wildman–Crippen LogP) is 3.03. The Kier molecular flexibility index (Phi) is 5.88. The first kappa shape index (κ1) is 20.4. The van der Waals surface area contributed by atoms with E-state index in [9.17, 15) is 19.3 Å². The molecule has 0 fully saturated rings. The number of carbonyl (C=O) groups excluding carboxylic acids is 1. The zero-order valence-electron chi connectivity index (χ0n) is 16.4. The molecule has 29 heavy (non-hydrogen) atoms. The highest BCUT2D eigenvalue weighted by Gasteiger charge is 2.18. The van der Waals surface area contributed by atoms with Gasteiger partial charge in [0, 0.05) is 23.9 Å². The van der Waals surface area contributed by atoms with E-state index < -0.39 is 4.92 Å². The second-order valence-corrected chi connectivity index (χ2v) is 7.16. The van der Waals surface area contributed by atoms with Gasteiger partial charge in [-0.15, -0.1) is 0 Å². The Morgan fingerprint density at radius 1 is 1.28 bits per heavy atom. The van der Waals surface area contributed by atoms with Crippen molar-refractivity contribution < 1.29 is 14.1 Å². The monoisotopic (exact) mass is 399 g/mol. The van der Waals surface area contributed by atoms with E-state index in [1.807, 2.05) is 18.4 Å². The number of imidazole rings is 1. The second-order valence-electron chi connectivity index (χ2n) is 7.16. The van der Waals surface area contributed by atoms with Crippen LogP contribution >= 0.6 is 0 Å². The maximum absolute atomic E-state index is 13.4. The van der Waals surface area contributed by atoms with Gasteiger partial charge in [0.1, 0.15) is 11.6 Å². The number of nitrogens with one attached hydrogen (secondary N) is 1. The van der Waals surface area contributed by atoms with Crippen LogP contribution in [-0.2, 0) is 11.3 Å². The average Bonchev–Trinajstić information content (AvgIpc) is 2.98. The number of hydrogen-bond donors (Lipinski definition) is 1. The molecule has 0 aliphatic carbocycles. The maximum Gasteiger partial charge on any atom is 0.271 e. The van der Waals surface area contributed by atoms with E-state index in [-0.39, 0.29) is 30.0 Å². The van der Waals surface area contributed by atoms with Gasteiger partial charge in [0.05, 0.1) is 29.0 Å². The Morgan fingerprint density at radius 2 is 1.97 bits per heavy atom. The number of hydrogen-bond acceptors (Lipinski definition) is 5. The van der Waals surface area contributed by atoms with E-state index in [2.05, 4.69) is 10.3 Å². The predicted molar refractivity (Wildman–Crippen MR) is 107 cm³/mol. The molecule has 0 atom stereocenters. The van der Waals surface area contributed by atoms with E-state index in [1.165, 1.54) is 24.3 Å². The number of non-ortho nitro benzene ring substituents is 1. The number of carbonyl (C=O) groups is 1. The molecule has 0 aliphatic rings. The van der Waals surface area contributed by atoms with Crippen molar-refractivity contribution in [1.82, 2.24) is 19.8 Å². The molecule has 0 radical (unpaired) electrons. The van der Waals surface area contributed by atoms with Crippen molar-refractivity contribution >= 4 is 22.6 Å². The maximum atomic E-state index is 13.4. The van der Waals surface area contributed by atoms with Gasteiger partial charge >= 0.3 is 0 Å². The van der Waals surface area contributed by atoms with E-state index in [0.29, 0.717) is 29.1 Å². The van der Waals surface area contributed by atoms with Crippen LogP contribution in [0.1, 0.15) is 19.7 Å².